The van der Waals surface area contributed by atoms with Gasteiger partial charge in [-0.2, -0.15) is 0 Å². The van der Waals surface area contributed by atoms with E-state index in [4.69, 9.17) is 0 Å². The maximum atomic E-state index is 13.0. The van der Waals surface area contributed by atoms with E-state index in [1.807, 2.05) is 6.92 Å². The molecule has 194 valence electrons. The van der Waals surface area contributed by atoms with Crippen molar-refractivity contribution in [3.63, 3.8) is 0 Å². The van der Waals surface area contributed by atoms with Crippen LogP contribution in [0.4, 0.5) is 0 Å². The number of aromatic nitrogens is 2. The summed E-state index contributed by atoms with van der Waals surface area (Å²) in [6, 6.07) is -0.0374. The van der Waals surface area contributed by atoms with Gasteiger partial charge in [0.15, 0.2) is 0 Å². The van der Waals surface area contributed by atoms with Gasteiger partial charge < -0.3 is 20.6 Å². The predicted molar refractivity (Wildman–Crippen MR) is 134 cm³/mol. The van der Waals surface area contributed by atoms with Gasteiger partial charge in [0.05, 0.1) is 12.3 Å². The van der Waals surface area contributed by atoms with Crippen molar-refractivity contribution in [2.24, 2.45) is 29.1 Å². The molecule has 0 aromatic carbocycles. The Morgan fingerprint density at radius 3 is 2.66 bits per heavy atom. The first kappa shape index (κ1) is 26.0. The molecule has 2 saturated carbocycles. The predicted octanol–water partition coefficient (Wildman–Crippen LogP) is 2.64. The van der Waals surface area contributed by atoms with Gasteiger partial charge in [-0.25, -0.2) is 4.98 Å². The molecule has 0 bridgehead atoms. The van der Waals surface area contributed by atoms with Crippen molar-refractivity contribution in [1.29, 1.82) is 0 Å². The van der Waals surface area contributed by atoms with Crippen molar-refractivity contribution in [3.8, 4) is 0 Å². The fourth-order valence-electron chi connectivity index (χ4n) is 7.03. The van der Waals surface area contributed by atoms with Gasteiger partial charge in [0, 0.05) is 37.4 Å². The van der Waals surface area contributed by atoms with Crippen LogP contribution < -0.4 is 10.6 Å². The number of hydrogen-bond donors (Lipinski definition) is 3. The van der Waals surface area contributed by atoms with Gasteiger partial charge in [-0.15, -0.1) is 0 Å². The highest BCUT2D eigenvalue weighted by molar-refractivity contribution is 5.92. The largest absolute Gasteiger partial charge is 0.392 e. The summed E-state index contributed by atoms with van der Waals surface area (Å²) >= 11 is 0. The lowest BCUT2D eigenvalue weighted by molar-refractivity contribution is -0.142. The number of likely N-dealkylation sites (tertiary alicyclic amines) is 1. The fraction of sp³-hybridized carbons (Fsp3) is 0.778. The number of carbonyl (C=O) groups excluding carboxylic acids is 2. The van der Waals surface area contributed by atoms with E-state index in [1.165, 1.54) is 31.7 Å². The van der Waals surface area contributed by atoms with E-state index in [1.54, 1.807) is 6.20 Å². The SMILES string of the molecule is C[C@H]1[C@@H]2[C@@H](O)C([C@H](C)C(=O)NCCN3CCCCC3)CC[C@@]2(C)CC[C@@H]1NC(=O)c1cnccn1. The van der Waals surface area contributed by atoms with Gasteiger partial charge in [-0.3, -0.25) is 14.6 Å². The first-order chi connectivity index (χ1) is 16.8. The van der Waals surface area contributed by atoms with Crippen LogP contribution in [0.3, 0.4) is 0 Å². The number of aliphatic hydroxyl groups excluding tert-OH is 1. The van der Waals surface area contributed by atoms with Crippen LogP contribution in [0.15, 0.2) is 18.6 Å². The molecule has 2 aliphatic carbocycles. The highest BCUT2D eigenvalue weighted by atomic mass is 16.3. The van der Waals surface area contributed by atoms with Gasteiger partial charge in [0.25, 0.3) is 5.91 Å². The Labute approximate surface area is 209 Å². The van der Waals surface area contributed by atoms with Crippen LogP contribution in [0.1, 0.15) is 76.2 Å². The number of amides is 2. The van der Waals surface area contributed by atoms with Crippen molar-refractivity contribution < 1.29 is 14.7 Å². The molecule has 1 aliphatic heterocycles. The molecule has 2 amide bonds. The van der Waals surface area contributed by atoms with Gasteiger partial charge in [0.2, 0.25) is 5.91 Å². The molecule has 1 saturated heterocycles. The summed E-state index contributed by atoms with van der Waals surface area (Å²) in [5, 5.41) is 17.9. The minimum atomic E-state index is -0.567. The highest BCUT2D eigenvalue weighted by Crippen LogP contribution is 2.55. The summed E-state index contributed by atoms with van der Waals surface area (Å²) < 4.78 is 0. The lowest BCUT2D eigenvalue weighted by atomic mass is 9.51. The number of piperidine rings is 1. The molecule has 8 nitrogen and oxygen atoms in total. The van der Waals surface area contributed by atoms with Crippen molar-refractivity contribution in [1.82, 2.24) is 25.5 Å². The molecule has 1 aromatic heterocycles. The van der Waals surface area contributed by atoms with E-state index in [0.29, 0.717) is 12.2 Å². The second-order valence-corrected chi connectivity index (χ2v) is 11.4. The van der Waals surface area contributed by atoms with Crippen molar-refractivity contribution in [3.05, 3.63) is 24.3 Å². The molecule has 7 atom stereocenters. The first-order valence-corrected chi connectivity index (χ1v) is 13.5. The lowest BCUT2D eigenvalue weighted by Crippen LogP contribution is -2.58. The number of carbonyl (C=O) groups is 2. The van der Waals surface area contributed by atoms with E-state index >= 15 is 0 Å². The van der Waals surface area contributed by atoms with E-state index in [0.717, 1.165) is 45.3 Å². The van der Waals surface area contributed by atoms with E-state index in [9.17, 15) is 14.7 Å². The summed E-state index contributed by atoms with van der Waals surface area (Å²) in [5.41, 5.74) is 0.332. The number of fused-ring (bicyclic) bond motifs is 1. The van der Waals surface area contributed by atoms with Gasteiger partial charge in [0.1, 0.15) is 5.69 Å². The third-order valence-corrected chi connectivity index (χ3v) is 9.23. The molecular weight excluding hydrogens is 442 g/mol. The van der Waals surface area contributed by atoms with Gasteiger partial charge >= 0.3 is 0 Å². The molecular formula is C27H43N5O3. The quantitative estimate of drug-likeness (QED) is 0.548. The third-order valence-electron chi connectivity index (χ3n) is 9.23. The van der Waals surface area contributed by atoms with Crippen LogP contribution in [-0.4, -0.2) is 70.1 Å². The first-order valence-electron chi connectivity index (χ1n) is 13.5. The molecule has 35 heavy (non-hydrogen) atoms. The number of aliphatic hydroxyl groups is 1. The number of nitrogens with one attached hydrogen (secondary N) is 2. The van der Waals surface area contributed by atoms with Crippen LogP contribution in [0.2, 0.25) is 0 Å². The maximum Gasteiger partial charge on any atom is 0.271 e. The van der Waals surface area contributed by atoms with Gasteiger partial charge in [-0.05, 0) is 74.8 Å². The Morgan fingerprint density at radius 2 is 1.94 bits per heavy atom. The van der Waals surface area contributed by atoms with Crippen LogP contribution in [-0.2, 0) is 4.79 Å². The van der Waals surface area contributed by atoms with Crippen LogP contribution in [0, 0.1) is 29.1 Å². The van der Waals surface area contributed by atoms with Crippen molar-refractivity contribution in [2.45, 2.75) is 77.9 Å². The van der Waals surface area contributed by atoms with E-state index < -0.39 is 6.10 Å². The van der Waals surface area contributed by atoms with Crippen LogP contribution in [0.5, 0.6) is 0 Å². The van der Waals surface area contributed by atoms with Crippen molar-refractivity contribution in [2.75, 3.05) is 26.2 Å². The Hall–Kier alpha value is -2.06. The molecule has 4 rings (SSSR count). The summed E-state index contributed by atoms with van der Waals surface area (Å²) in [5.74, 6) is -0.350. The molecule has 2 heterocycles. The molecule has 1 unspecified atom stereocenters. The molecule has 3 aliphatic rings. The average Bonchev–Trinajstić information content (AvgIpc) is 2.86. The zero-order valence-corrected chi connectivity index (χ0v) is 21.6. The second-order valence-electron chi connectivity index (χ2n) is 11.4. The fourth-order valence-corrected chi connectivity index (χ4v) is 7.03. The molecule has 0 radical (unpaired) electrons. The Morgan fingerprint density at radius 1 is 1.20 bits per heavy atom. The standard InChI is InChI=1S/C27H43N5O3/c1-18(25(34)30-13-16-32-14-5-4-6-15-32)20-7-9-27(3)10-8-21(19(2)23(27)24(20)33)31-26(35)22-17-28-11-12-29-22/h11-12,17-21,23-24,33H,4-10,13-16H2,1-3H3,(H,30,34)(H,31,35)/t18-,19+,20?,21-,23+,24-,27-/m0/s1. The molecule has 3 fully saturated rings. The number of hydrogen-bond acceptors (Lipinski definition) is 6. The topological polar surface area (TPSA) is 107 Å². The smallest absolute Gasteiger partial charge is 0.271 e. The average molecular weight is 486 g/mol. The Bertz CT molecular complexity index is 862. The van der Waals surface area contributed by atoms with Crippen LogP contribution in [0.25, 0.3) is 0 Å². The van der Waals surface area contributed by atoms with E-state index in [-0.39, 0.29) is 46.9 Å². The monoisotopic (exact) mass is 485 g/mol. The highest BCUT2D eigenvalue weighted by Gasteiger charge is 2.53. The maximum absolute atomic E-state index is 13.0. The Kier molecular flexibility index (Phi) is 8.42. The summed E-state index contributed by atoms with van der Waals surface area (Å²) in [4.78, 5) is 36.3. The van der Waals surface area contributed by atoms with E-state index in [2.05, 4.69) is 39.3 Å². The minimum absolute atomic E-state index is 0.0214. The van der Waals surface area contributed by atoms with Crippen molar-refractivity contribution >= 4 is 11.8 Å². The second kappa shape index (κ2) is 11.3. The summed E-state index contributed by atoms with van der Waals surface area (Å²) in [6.07, 6.45) is 11.5. The van der Waals surface area contributed by atoms with Gasteiger partial charge in [-0.1, -0.05) is 27.2 Å². The Balaban J connectivity index is 1.36. The summed E-state index contributed by atoms with van der Waals surface area (Å²) in [6.45, 7) is 10.2. The number of rotatable bonds is 7. The number of nitrogens with zero attached hydrogens (tertiary/aromatic N) is 3. The minimum Gasteiger partial charge on any atom is -0.392 e. The van der Waals surface area contributed by atoms with Crippen LogP contribution >= 0.6 is 0 Å². The molecule has 8 heteroatoms. The molecule has 0 spiro atoms. The normalized spacial score (nSPS) is 34.5. The zero-order valence-electron chi connectivity index (χ0n) is 21.6. The third kappa shape index (κ3) is 5.85. The lowest BCUT2D eigenvalue weighted by Gasteiger charge is -2.56. The molecule has 1 aromatic rings. The molecule has 3 N–H and O–H groups in total. The zero-order chi connectivity index (χ0) is 25.0. The summed E-state index contributed by atoms with van der Waals surface area (Å²) in [7, 11) is 0.